The number of aromatic nitrogens is 3. The minimum Gasteiger partial charge on any atom is -0.506 e. The molecule has 4 aromatic heterocycles. The number of rotatable bonds is 14. The molecule has 1 fully saturated rings. The molecule has 7 rings (SSSR count). The molecule has 0 aliphatic heterocycles. The van der Waals surface area contributed by atoms with Crippen molar-refractivity contribution in [3.8, 4) is 5.75 Å². The van der Waals surface area contributed by atoms with E-state index >= 15 is 0 Å². The average molecular weight is 778 g/mol. The van der Waals surface area contributed by atoms with E-state index < -0.39 is 17.7 Å². The van der Waals surface area contributed by atoms with Crippen LogP contribution < -0.4 is 16.6 Å². The first-order chi connectivity index (χ1) is 25.5. The number of aliphatic hydroxyl groups is 2. The Balaban J connectivity index is 0.00000497. The van der Waals surface area contributed by atoms with Crippen LogP contribution in [-0.2, 0) is 23.5 Å². The first kappa shape index (κ1) is 39.1. The molecule has 1 unspecified atom stereocenters. The van der Waals surface area contributed by atoms with Gasteiger partial charge < -0.3 is 40.6 Å². The van der Waals surface area contributed by atoms with Gasteiger partial charge in [-0.15, -0.1) is 22.7 Å². The predicted molar refractivity (Wildman–Crippen MR) is 209 cm³/mol. The fourth-order valence-electron chi connectivity index (χ4n) is 7.78. The zero-order chi connectivity index (χ0) is 37.3. The summed E-state index contributed by atoms with van der Waals surface area (Å²) in [6, 6.07) is 17.7. The summed E-state index contributed by atoms with van der Waals surface area (Å²) in [5.41, 5.74) is 1.81. The van der Waals surface area contributed by atoms with E-state index in [2.05, 4.69) is 27.2 Å². The number of fused-ring (bicyclic) bond motifs is 2. The number of hydrogen-bond donors (Lipinski definition) is 7. The van der Waals surface area contributed by atoms with Crippen molar-refractivity contribution in [1.29, 1.82) is 0 Å². The number of halogens is 1. The maximum Gasteiger partial charge on any atom is 0.347 e. The molecule has 2 atom stereocenters. The van der Waals surface area contributed by atoms with Crippen LogP contribution in [0.1, 0.15) is 70.6 Å². The van der Waals surface area contributed by atoms with Crippen molar-refractivity contribution in [1.82, 2.24) is 24.8 Å². The van der Waals surface area contributed by atoms with Crippen molar-refractivity contribution in [2.75, 3.05) is 20.1 Å². The van der Waals surface area contributed by atoms with E-state index in [0.29, 0.717) is 39.8 Å². The highest BCUT2D eigenvalue weighted by atomic mass is 32.1. The molecule has 1 aliphatic rings. The summed E-state index contributed by atoms with van der Waals surface area (Å²) in [7, 11) is 2.13. The summed E-state index contributed by atoms with van der Waals surface area (Å²) < 4.78 is 1.77. The summed E-state index contributed by atoms with van der Waals surface area (Å²) in [6.45, 7) is 2.10. The molecule has 1 saturated carbocycles. The van der Waals surface area contributed by atoms with E-state index in [-0.39, 0.29) is 39.7 Å². The highest BCUT2D eigenvalue weighted by Gasteiger charge is 2.45. The van der Waals surface area contributed by atoms with Crippen LogP contribution in [0.15, 0.2) is 81.0 Å². The van der Waals surface area contributed by atoms with Gasteiger partial charge in [0.1, 0.15) is 5.75 Å². The molecule has 6 aromatic rings. The number of pyridine rings is 1. The van der Waals surface area contributed by atoms with E-state index in [1.807, 2.05) is 29.6 Å². The highest BCUT2D eigenvalue weighted by Crippen LogP contribution is 2.44. The number of aryl methyl sites for hydroxylation is 1. The quantitative estimate of drug-likeness (QED) is 0.0767. The lowest BCUT2D eigenvalue weighted by molar-refractivity contribution is -0.154. The highest BCUT2D eigenvalue weighted by molar-refractivity contribution is 7.12. The lowest BCUT2D eigenvalue weighted by Gasteiger charge is -2.35. The maximum absolute atomic E-state index is 13.0. The molecule has 1 aliphatic carbocycles. The van der Waals surface area contributed by atoms with Gasteiger partial charge >= 0.3 is 11.7 Å². The molecule has 0 bridgehead atoms. The van der Waals surface area contributed by atoms with Crippen molar-refractivity contribution >= 4 is 50.6 Å². The summed E-state index contributed by atoms with van der Waals surface area (Å²) in [4.78, 5) is 45.9. The number of imidazole rings is 1. The molecular formula is C39H44FN5O7S2. The lowest BCUT2D eigenvalue weighted by Crippen LogP contribution is -2.38. The Morgan fingerprint density at radius 1 is 1.04 bits per heavy atom. The monoisotopic (exact) mass is 777 g/mol. The van der Waals surface area contributed by atoms with Crippen LogP contribution in [-0.4, -0.2) is 72.0 Å². The Morgan fingerprint density at radius 2 is 1.83 bits per heavy atom. The zero-order valence-corrected chi connectivity index (χ0v) is 31.3. The second kappa shape index (κ2) is 16.4. The van der Waals surface area contributed by atoms with Crippen LogP contribution in [0.2, 0.25) is 0 Å². The van der Waals surface area contributed by atoms with Crippen molar-refractivity contribution in [3.63, 3.8) is 0 Å². The molecule has 7 N–H and O–H groups in total. The van der Waals surface area contributed by atoms with Gasteiger partial charge in [0, 0.05) is 37.1 Å². The first-order valence-corrected chi connectivity index (χ1v) is 19.5. The topological polar surface area (TPSA) is 184 Å². The summed E-state index contributed by atoms with van der Waals surface area (Å²) in [5, 5.41) is 50.0. The number of nitrogens with zero attached hydrogens (tertiary/aromatic N) is 2. The van der Waals surface area contributed by atoms with Crippen molar-refractivity contribution in [2.45, 2.75) is 68.9 Å². The van der Waals surface area contributed by atoms with E-state index in [0.717, 1.165) is 60.8 Å². The number of carboxylic acid groups (broad SMARTS) is 1. The number of hydrogen-bond acceptors (Lipinski definition) is 10. The van der Waals surface area contributed by atoms with Gasteiger partial charge in [0.05, 0.1) is 32.4 Å². The number of carboxylic acids is 1. The number of aliphatic hydroxyl groups excluding tert-OH is 1. The fraction of sp³-hybridized carbons (Fsp3) is 0.359. The van der Waals surface area contributed by atoms with Gasteiger partial charge in [-0.3, -0.25) is 14.1 Å². The van der Waals surface area contributed by atoms with Gasteiger partial charge in [-0.05, 0) is 115 Å². The Hall–Kier alpha value is -4.64. The Labute approximate surface area is 317 Å². The van der Waals surface area contributed by atoms with Crippen LogP contribution in [0.25, 0.3) is 21.9 Å². The van der Waals surface area contributed by atoms with Crippen LogP contribution in [0.5, 0.6) is 5.75 Å². The molecule has 15 heteroatoms. The number of aromatic amines is 2. The Kier molecular flexibility index (Phi) is 11.9. The largest absolute Gasteiger partial charge is 0.506 e. The number of thiophene rings is 2. The summed E-state index contributed by atoms with van der Waals surface area (Å²) >= 11 is 2.56. The third kappa shape index (κ3) is 7.65. The number of aliphatic carboxylic acids is 1. The van der Waals surface area contributed by atoms with E-state index in [1.54, 1.807) is 34.2 Å². The number of benzene rings is 2. The molecule has 0 amide bonds. The molecule has 2 aromatic carbocycles. The normalized spacial score (nSPS) is 17.8. The van der Waals surface area contributed by atoms with E-state index in [1.165, 1.54) is 34.8 Å². The molecular weight excluding hydrogens is 734 g/mol. The Morgan fingerprint density at radius 3 is 2.57 bits per heavy atom. The number of aromatic hydroxyl groups is 1. The molecule has 12 nitrogen and oxygen atoms in total. The number of carbonyl (C=O) groups is 1. The summed E-state index contributed by atoms with van der Waals surface area (Å²) in [5.74, 6) is -1.12. The predicted octanol–water partition coefficient (Wildman–Crippen LogP) is 5.34. The standard InChI is InChI=1S/C39H43N5O7S2.FH/c1-43(25-8-6-24(7-9-25)26-15-19-53-36(26)39(51,37(48)49)33-4-2-18-52-33)16-3-17-44-30-12-5-23(20-29(30)41-38(44)50)21-40-22-32(46)27-10-13-31(45)35-28(27)11-14-34(47)42-35;/h2,4-5,10-15,18-20,24-25,32,40,45-46,51H,3,6-9,16-17,21-22H2,1H3,(H,41,50)(H,42,47)(H,48,49);1H/t24?,25?,32-,39?;/m0./s1. The minimum absolute atomic E-state index is 0. The first-order valence-electron chi connectivity index (χ1n) is 17.8. The second-order valence-corrected chi connectivity index (χ2v) is 15.8. The molecule has 54 heavy (non-hydrogen) atoms. The molecule has 4 heterocycles. The minimum atomic E-state index is -2.04. The Bertz CT molecular complexity index is 2340. The smallest absolute Gasteiger partial charge is 0.347 e. The third-order valence-electron chi connectivity index (χ3n) is 10.6. The fourth-order valence-corrected chi connectivity index (χ4v) is 9.75. The summed E-state index contributed by atoms with van der Waals surface area (Å²) in [6.07, 6.45) is 3.67. The van der Waals surface area contributed by atoms with Crippen LogP contribution >= 0.6 is 22.7 Å². The second-order valence-electron chi connectivity index (χ2n) is 13.9. The molecule has 0 saturated heterocycles. The average Bonchev–Trinajstić information content (AvgIpc) is 3.93. The van der Waals surface area contributed by atoms with Crippen LogP contribution in [0, 0.1) is 0 Å². The third-order valence-corrected chi connectivity index (χ3v) is 12.7. The number of phenols is 1. The van der Waals surface area contributed by atoms with Gasteiger partial charge in [-0.25, -0.2) is 9.59 Å². The van der Waals surface area contributed by atoms with E-state index in [9.17, 15) is 34.8 Å². The zero-order valence-electron chi connectivity index (χ0n) is 29.7. The van der Waals surface area contributed by atoms with Gasteiger partial charge in [0.2, 0.25) is 11.2 Å². The maximum atomic E-state index is 13.0. The number of phenolic OH excluding ortho intramolecular Hbond substituents is 1. The van der Waals surface area contributed by atoms with Gasteiger partial charge in [0.15, 0.2) is 0 Å². The lowest BCUT2D eigenvalue weighted by atomic mass is 9.79. The number of H-pyrrole nitrogens is 2. The SMILES string of the molecule is CN(CCCn1c(=O)[nH]c2cc(CNC[C@H](O)c3ccc(O)c4[nH]c(=O)ccc34)ccc21)C1CCC(c2ccsc2C(O)(C(=O)O)c2cccs2)CC1.F. The van der Waals surface area contributed by atoms with Crippen molar-refractivity contribution in [3.05, 3.63) is 119 Å². The van der Waals surface area contributed by atoms with Gasteiger partial charge in [0.25, 0.3) is 0 Å². The van der Waals surface area contributed by atoms with Gasteiger partial charge in [-0.1, -0.05) is 18.2 Å². The van der Waals surface area contributed by atoms with Crippen molar-refractivity contribution in [2.24, 2.45) is 0 Å². The molecule has 0 radical (unpaired) electrons. The van der Waals surface area contributed by atoms with Crippen LogP contribution in [0.4, 0.5) is 4.70 Å². The van der Waals surface area contributed by atoms with Crippen LogP contribution in [0.3, 0.4) is 0 Å². The molecule has 286 valence electrons. The van der Waals surface area contributed by atoms with E-state index in [4.69, 9.17) is 0 Å². The number of nitrogens with one attached hydrogen (secondary N) is 3. The molecule has 0 spiro atoms. The van der Waals surface area contributed by atoms with Gasteiger partial charge in [-0.2, -0.15) is 0 Å². The van der Waals surface area contributed by atoms with Crippen molar-refractivity contribution < 1.29 is 29.9 Å².